The number of aromatic carboxylic acids is 1. The van der Waals surface area contributed by atoms with Gasteiger partial charge in [0.1, 0.15) is 5.82 Å². The summed E-state index contributed by atoms with van der Waals surface area (Å²) in [5.74, 6) is -1.98. The number of carboxylic acid groups (broad SMARTS) is 1. The zero-order valence-corrected chi connectivity index (χ0v) is 10.3. The third-order valence-corrected chi connectivity index (χ3v) is 3.96. The maximum atomic E-state index is 13.2. The molecule has 0 unspecified atom stereocenters. The van der Waals surface area contributed by atoms with E-state index >= 15 is 0 Å². The molecule has 1 N–H and O–H groups in total. The maximum Gasteiger partial charge on any atom is 0.338 e. The van der Waals surface area contributed by atoms with Crippen LogP contribution in [0.2, 0.25) is 0 Å². The first-order valence-corrected chi connectivity index (χ1v) is 6.03. The minimum Gasteiger partial charge on any atom is -0.478 e. The van der Waals surface area contributed by atoms with E-state index in [0.29, 0.717) is 5.56 Å². The monoisotopic (exact) mass is 300 g/mol. The van der Waals surface area contributed by atoms with Gasteiger partial charge in [0, 0.05) is 9.35 Å². The van der Waals surface area contributed by atoms with Crippen molar-refractivity contribution in [2.75, 3.05) is 0 Å². The van der Waals surface area contributed by atoms with Gasteiger partial charge in [-0.2, -0.15) is 0 Å². The SMILES string of the molecule is O=C(O)c1cc(-c2sccc2Br)ccc1F. The molecule has 0 spiro atoms. The Morgan fingerprint density at radius 1 is 1.38 bits per heavy atom. The summed E-state index contributed by atoms with van der Waals surface area (Å²) >= 11 is 4.82. The number of halogens is 2. The van der Waals surface area contributed by atoms with Crippen molar-refractivity contribution in [1.82, 2.24) is 0 Å². The molecular weight excluding hydrogens is 295 g/mol. The Labute approximate surface area is 103 Å². The molecule has 0 aliphatic heterocycles. The van der Waals surface area contributed by atoms with Crippen molar-refractivity contribution in [3.8, 4) is 10.4 Å². The molecule has 2 aromatic rings. The van der Waals surface area contributed by atoms with Crippen LogP contribution < -0.4 is 0 Å². The number of hydrogen-bond acceptors (Lipinski definition) is 2. The molecule has 82 valence electrons. The van der Waals surface area contributed by atoms with Crippen LogP contribution in [0.15, 0.2) is 34.1 Å². The van der Waals surface area contributed by atoms with Crippen LogP contribution in [-0.4, -0.2) is 11.1 Å². The van der Waals surface area contributed by atoms with E-state index < -0.39 is 11.8 Å². The minimum absolute atomic E-state index is 0.308. The lowest BCUT2D eigenvalue weighted by atomic mass is 10.1. The predicted octanol–water partition coefficient (Wildman–Crippen LogP) is 4.01. The molecule has 0 atom stereocenters. The van der Waals surface area contributed by atoms with Gasteiger partial charge in [0.05, 0.1) is 5.56 Å². The number of carbonyl (C=O) groups is 1. The van der Waals surface area contributed by atoms with Gasteiger partial charge in [-0.1, -0.05) is 6.07 Å². The summed E-state index contributed by atoms with van der Waals surface area (Å²) in [6.45, 7) is 0. The molecule has 0 bridgehead atoms. The molecule has 2 rings (SSSR count). The normalized spacial score (nSPS) is 10.4. The van der Waals surface area contributed by atoms with Crippen LogP contribution in [-0.2, 0) is 0 Å². The van der Waals surface area contributed by atoms with Crippen LogP contribution in [0.5, 0.6) is 0 Å². The number of hydrogen-bond donors (Lipinski definition) is 1. The van der Waals surface area contributed by atoms with Gasteiger partial charge in [-0.15, -0.1) is 11.3 Å². The van der Waals surface area contributed by atoms with Crippen LogP contribution >= 0.6 is 27.3 Å². The molecule has 0 aliphatic rings. The van der Waals surface area contributed by atoms with Crippen LogP contribution in [0.3, 0.4) is 0 Å². The fourth-order valence-electron chi connectivity index (χ4n) is 1.33. The van der Waals surface area contributed by atoms with Crippen molar-refractivity contribution < 1.29 is 14.3 Å². The predicted molar refractivity (Wildman–Crippen MR) is 64.4 cm³/mol. The third kappa shape index (κ3) is 2.01. The van der Waals surface area contributed by atoms with Gasteiger partial charge in [0.15, 0.2) is 0 Å². The Hall–Kier alpha value is -1.20. The second-order valence-electron chi connectivity index (χ2n) is 3.10. The molecule has 0 aliphatic carbocycles. The summed E-state index contributed by atoms with van der Waals surface area (Å²) in [5.41, 5.74) is 0.387. The lowest BCUT2D eigenvalue weighted by molar-refractivity contribution is 0.0692. The second-order valence-corrected chi connectivity index (χ2v) is 4.87. The summed E-state index contributed by atoms with van der Waals surface area (Å²) in [5, 5.41) is 10.7. The van der Waals surface area contributed by atoms with Gasteiger partial charge in [-0.05, 0) is 45.1 Å². The highest BCUT2D eigenvalue weighted by molar-refractivity contribution is 9.10. The highest BCUT2D eigenvalue weighted by Gasteiger charge is 2.13. The molecule has 0 fully saturated rings. The fraction of sp³-hybridized carbons (Fsp3) is 0. The van der Waals surface area contributed by atoms with E-state index in [9.17, 15) is 9.18 Å². The van der Waals surface area contributed by atoms with E-state index in [4.69, 9.17) is 5.11 Å². The molecule has 1 aromatic carbocycles. The van der Waals surface area contributed by atoms with Crippen molar-refractivity contribution in [3.05, 3.63) is 45.5 Å². The summed E-state index contributed by atoms with van der Waals surface area (Å²) in [6.07, 6.45) is 0. The summed E-state index contributed by atoms with van der Waals surface area (Å²) in [6, 6.07) is 5.95. The quantitative estimate of drug-likeness (QED) is 0.910. The highest BCUT2D eigenvalue weighted by atomic mass is 79.9. The number of benzene rings is 1. The van der Waals surface area contributed by atoms with Crippen molar-refractivity contribution >= 4 is 33.2 Å². The summed E-state index contributed by atoms with van der Waals surface area (Å²) in [7, 11) is 0. The van der Waals surface area contributed by atoms with Crippen molar-refractivity contribution in [2.45, 2.75) is 0 Å². The van der Waals surface area contributed by atoms with Crippen LogP contribution in [0, 0.1) is 5.82 Å². The van der Waals surface area contributed by atoms with E-state index in [0.717, 1.165) is 9.35 Å². The van der Waals surface area contributed by atoms with E-state index in [-0.39, 0.29) is 5.56 Å². The van der Waals surface area contributed by atoms with Crippen LogP contribution in [0.4, 0.5) is 4.39 Å². The number of carboxylic acids is 1. The molecule has 0 saturated heterocycles. The van der Waals surface area contributed by atoms with Crippen molar-refractivity contribution in [1.29, 1.82) is 0 Å². The molecule has 1 heterocycles. The molecular formula is C11H6BrFO2S. The molecule has 0 radical (unpaired) electrons. The van der Waals surface area contributed by atoms with Gasteiger partial charge < -0.3 is 5.11 Å². The minimum atomic E-state index is -1.26. The van der Waals surface area contributed by atoms with E-state index in [2.05, 4.69) is 15.9 Å². The maximum absolute atomic E-state index is 13.2. The van der Waals surface area contributed by atoms with Crippen molar-refractivity contribution in [3.63, 3.8) is 0 Å². The zero-order chi connectivity index (χ0) is 11.7. The first-order chi connectivity index (χ1) is 7.59. The van der Waals surface area contributed by atoms with E-state index in [1.807, 2.05) is 11.4 Å². The number of thiophene rings is 1. The van der Waals surface area contributed by atoms with E-state index in [1.54, 1.807) is 6.07 Å². The molecule has 2 nitrogen and oxygen atoms in total. The average molecular weight is 301 g/mol. The fourth-order valence-corrected chi connectivity index (χ4v) is 2.93. The van der Waals surface area contributed by atoms with Crippen LogP contribution in [0.1, 0.15) is 10.4 Å². The Bertz CT molecular complexity index is 551. The van der Waals surface area contributed by atoms with Gasteiger partial charge >= 0.3 is 5.97 Å². The Kier molecular flexibility index (Phi) is 3.07. The summed E-state index contributed by atoms with van der Waals surface area (Å²) < 4.78 is 14.0. The topological polar surface area (TPSA) is 37.3 Å². The largest absolute Gasteiger partial charge is 0.478 e. The summed E-state index contributed by atoms with van der Waals surface area (Å²) in [4.78, 5) is 11.7. The Morgan fingerprint density at radius 3 is 2.69 bits per heavy atom. The lowest BCUT2D eigenvalue weighted by Gasteiger charge is -2.02. The molecule has 0 saturated carbocycles. The Balaban J connectivity index is 2.56. The van der Waals surface area contributed by atoms with Gasteiger partial charge in [-0.3, -0.25) is 0 Å². The average Bonchev–Trinajstić information content (AvgIpc) is 2.65. The first-order valence-electron chi connectivity index (χ1n) is 4.36. The zero-order valence-electron chi connectivity index (χ0n) is 7.91. The molecule has 1 aromatic heterocycles. The lowest BCUT2D eigenvalue weighted by Crippen LogP contribution is -2.00. The third-order valence-electron chi connectivity index (χ3n) is 2.08. The smallest absolute Gasteiger partial charge is 0.338 e. The second kappa shape index (κ2) is 4.35. The standard InChI is InChI=1S/C11H6BrFO2S/c12-8-3-4-16-10(8)6-1-2-9(13)7(5-6)11(14)15/h1-5H,(H,14,15). The molecule has 16 heavy (non-hydrogen) atoms. The van der Waals surface area contributed by atoms with Gasteiger partial charge in [-0.25, -0.2) is 9.18 Å². The highest BCUT2D eigenvalue weighted by Crippen LogP contribution is 2.34. The van der Waals surface area contributed by atoms with Gasteiger partial charge in [0.25, 0.3) is 0 Å². The van der Waals surface area contributed by atoms with Crippen molar-refractivity contribution in [2.24, 2.45) is 0 Å². The molecule has 5 heteroatoms. The van der Waals surface area contributed by atoms with Crippen LogP contribution in [0.25, 0.3) is 10.4 Å². The van der Waals surface area contributed by atoms with E-state index in [1.165, 1.54) is 23.5 Å². The Morgan fingerprint density at radius 2 is 2.12 bits per heavy atom. The first kappa shape index (κ1) is 11.3. The van der Waals surface area contributed by atoms with Gasteiger partial charge in [0.2, 0.25) is 0 Å². The molecule has 0 amide bonds. The number of rotatable bonds is 2.